The van der Waals surface area contributed by atoms with Crippen LogP contribution in [-0.4, -0.2) is 18.2 Å². The molecular formula is C19H17NO4. The van der Waals surface area contributed by atoms with Crippen molar-refractivity contribution < 1.29 is 18.8 Å². The molecule has 1 heterocycles. The summed E-state index contributed by atoms with van der Waals surface area (Å²) in [7, 11) is 1.55. The molecule has 0 saturated heterocycles. The van der Waals surface area contributed by atoms with Crippen LogP contribution in [0.3, 0.4) is 0 Å². The lowest BCUT2D eigenvalue weighted by Gasteiger charge is -2.04. The van der Waals surface area contributed by atoms with Crippen LogP contribution in [0.4, 0.5) is 0 Å². The lowest BCUT2D eigenvalue weighted by atomic mass is 10.1. The van der Waals surface area contributed by atoms with Gasteiger partial charge in [0, 0.05) is 11.6 Å². The average molecular weight is 323 g/mol. The molecule has 122 valence electrons. The second-order valence-electron chi connectivity index (χ2n) is 5.36. The number of carbonyl (C=O) groups is 1. The minimum Gasteiger partial charge on any atom is -0.497 e. The fourth-order valence-electron chi connectivity index (χ4n) is 2.21. The molecule has 0 bridgehead atoms. The van der Waals surface area contributed by atoms with Crippen LogP contribution >= 0.6 is 0 Å². The van der Waals surface area contributed by atoms with Crippen molar-refractivity contribution in [2.75, 3.05) is 7.11 Å². The summed E-state index contributed by atoms with van der Waals surface area (Å²) in [6.45, 7) is 2.07. The Morgan fingerprint density at radius 2 is 1.92 bits per heavy atom. The Morgan fingerprint density at radius 1 is 1.12 bits per heavy atom. The van der Waals surface area contributed by atoms with Gasteiger partial charge in [-0.1, -0.05) is 41.1 Å². The van der Waals surface area contributed by atoms with Gasteiger partial charge < -0.3 is 14.0 Å². The highest BCUT2D eigenvalue weighted by Gasteiger charge is 2.11. The number of carbonyl (C=O) groups excluding carboxylic acids is 1. The monoisotopic (exact) mass is 323 g/mol. The summed E-state index contributed by atoms with van der Waals surface area (Å²) in [6, 6.07) is 16.5. The third-order valence-electron chi connectivity index (χ3n) is 3.55. The normalized spacial score (nSPS) is 10.4. The van der Waals surface area contributed by atoms with Crippen LogP contribution in [0.1, 0.15) is 21.6 Å². The number of nitrogens with zero attached hydrogens (tertiary/aromatic N) is 1. The number of hydrogen-bond donors (Lipinski definition) is 0. The fraction of sp³-hybridized carbons (Fsp3) is 0.158. The van der Waals surface area contributed by atoms with E-state index in [9.17, 15) is 4.79 Å². The molecule has 0 aliphatic heterocycles. The molecular weight excluding hydrogens is 306 g/mol. The van der Waals surface area contributed by atoms with Crippen molar-refractivity contribution in [2.24, 2.45) is 0 Å². The first-order valence-corrected chi connectivity index (χ1v) is 7.49. The number of aryl methyl sites for hydroxylation is 1. The van der Waals surface area contributed by atoms with Gasteiger partial charge in [0.25, 0.3) is 0 Å². The van der Waals surface area contributed by atoms with Crippen molar-refractivity contribution in [3.63, 3.8) is 0 Å². The minimum absolute atomic E-state index is 0.0470. The Labute approximate surface area is 139 Å². The van der Waals surface area contributed by atoms with Crippen molar-refractivity contribution in [3.8, 4) is 17.1 Å². The van der Waals surface area contributed by atoms with E-state index in [2.05, 4.69) is 5.16 Å². The molecule has 3 rings (SSSR count). The predicted molar refractivity (Wildman–Crippen MR) is 88.8 cm³/mol. The van der Waals surface area contributed by atoms with Crippen LogP contribution in [0.25, 0.3) is 11.3 Å². The Bertz CT molecular complexity index is 837. The molecule has 0 amide bonds. The first kappa shape index (κ1) is 15.8. The van der Waals surface area contributed by atoms with Gasteiger partial charge in [0.2, 0.25) is 0 Å². The van der Waals surface area contributed by atoms with Crippen LogP contribution in [0, 0.1) is 6.92 Å². The summed E-state index contributed by atoms with van der Waals surface area (Å²) in [4.78, 5) is 12.1. The van der Waals surface area contributed by atoms with E-state index < -0.39 is 5.97 Å². The topological polar surface area (TPSA) is 61.6 Å². The molecule has 2 aromatic carbocycles. The fourth-order valence-corrected chi connectivity index (χ4v) is 2.21. The molecule has 0 unspecified atom stereocenters. The maximum absolute atomic E-state index is 12.1. The molecule has 0 radical (unpaired) electrons. The van der Waals surface area contributed by atoms with Gasteiger partial charge in [-0.05, 0) is 25.1 Å². The summed E-state index contributed by atoms with van der Waals surface area (Å²) in [6.07, 6.45) is 0. The lowest BCUT2D eigenvalue weighted by molar-refractivity contribution is 0.0464. The molecule has 0 N–H and O–H groups in total. The van der Waals surface area contributed by atoms with Gasteiger partial charge in [-0.2, -0.15) is 0 Å². The molecule has 3 aromatic rings. The SMILES string of the molecule is COc1cccc(C(=O)OCc2cc(-c3ccc(C)cc3)on2)c1. The highest BCUT2D eigenvalue weighted by Crippen LogP contribution is 2.21. The zero-order chi connectivity index (χ0) is 16.9. The minimum atomic E-state index is -0.436. The molecule has 0 spiro atoms. The van der Waals surface area contributed by atoms with Gasteiger partial charge in [-0.3, -0.25) is 0 Å². The van der Waals surface area contributed by atoms with Crippen LogP contribution in [-0.2, 0) is 11.3 Å². The van der Waals surface area contributed by atoms with Crippen LogP contribution in [0.5, 0.6) is 5.75 Å². The van der Waals surface area contributed by atoms with Gasteiger partial charge in [0.1, 0.15) is 18.1 Å². The molecule has 0 saturated carbocycles. The van der Waals surface area contributed by atoms with Crippen molar-refractivity contribution in [1.82, 2.24) is 5.16 Å². The van der Waals surface area contributed by atoms with Crippen LogP contribution < -0.4 is 4.74 Å². The van der Waals surface area contributed by atoms with E-state index in [0.29, 0.717) is 22.8 Å². The van der Waals surface area contributed by atoms with Gasteiger partial charge in [-0.15, -0.1) is 0 Å². The number of methoxy groups -OCH3 is 1. The van der Waals surface area contributed by atoms with Crippen molar-refractivity contribution in [3.05, 3.63) is 71.4 Å². The predicted octanol–water partition coefficient (Wildman–Crippen LogP) is 4.02. The Balaban J connectivity index is 1.64. The highest BCUT2D eigenvalue weighted by molar-refractivity contribution is 5.89. The van der Waals surface area contributed by atoms with E-state index in [1.54, 1.807) is 37.4 Å². The third-order valence-corrected chi connectivity index (χ3v) is 3.55. The summed E-state index contributed by atoms with van der Waals surface area (Å²) in [5.74, 6) is 0.809. The Kier molecular flexibility index (Phi) is 4.61. The zero-order valence-corrected chi connectivity index (χ0v) is 13.5. The second-order valence-corrected chi connectivity index (χ2v) is 5.36. The Morgan fingerprint density at radius 3 is 2.67 bits per heavy atom. The van der Waals surface area contributed by atoms with Gasteiger partial charge >= 0.3 is 5.97 Å². The van der Waals surface area contributed by atoms with Crippen molar-refractivity contribution in [2.45, 2.75) is 13.5 Å². The first-order chi connectivity index (χ1) is 11.7. The number of rotatable bonds is 5. The summed E-state index contributed by atoms with van der Waals surface area (Å²) >= 11 is 0. The average Bonchev–Trinajstić information content (AvgIpc) is 3.09. The third kappa shape index (κ3) is 3.63. The van der Waals surface area contributed by atoms with Crippen LogP contribution in [0.2, 0.25) is 0 Å². The molecule has 5 nitrogen and oxygen atoms in total. The lowest BCUT2D eigenvalue weighted by Crippen LogP contribution is -2.05. The number of esters is 1. The molecule has 5 heteroatoms. The second kappa shape index (κ2) is 7.00. The zero-order valence-electron chi connectivity index (χ0n) is 13.5. The molecule has 0 aliphatic rings. The van der Waals surface area contributed by atoms with E-state index >= 15 is 0 Å². The Hall–Kier alpha value is -3.08. The number of ether oxygens (including phenoxy) is 2. The van der Waals surface area contributed by atoms with Crippen molar-refractivity contribution >= 4 is 5.97 Å². The standard InChI is InChI=1S/C19H17NO4/c1-13-6-8-14(9-7-13)18-11-16(20-24-18)12-23-19(21)15-4-3-5-17(10-15)22-2/h3-11H,12H2,1-2H3. The maximum atomic E-state index is 12.1. The highest BCUT2D eigenvalue weighted by atomic mass is 16.5. The molecule has 0 aliphatic carbocycles. The molecule has 0 fully saturated rings. The van der Waals surface area contributed by atoms with Crippen molar-refractivity contribution in [1.29, 1.82) is 0 Å². The quantitative estimate of drug-likeness (QED) is 0.664. The summed E-state index contributed by atoms with van der Waals surface area (Å²) in [5, 5.41) is 3.94. The molecule has 24 heavy (non-hydrogen) atoms. The number of hydrogen-bond acceptors (Lipinski definition) is 5. The van der Waals surface area contributed by atoms with E-state index in [4.69, 9.17) is 14.0 Å². The number of aromatic nitrogens is 1. The van der Waals surface area contributed by atoms with E-state index in [1.807, 2.05) is 31.2 Å². The smallest absolute Gasteiger partial charge is 0.338 e. The maximum Gasteiger partial charge on any atom is 0.338 e. The first-order valence-electron chi connectivity index (χ1n) is 7.49. The van der Waals surface area contributed by atoms with E-state index in [1.165, 1.54) is 5.56 Å². The largest absolute Gasteiger partial charge is 0.497 e. The van der Waals surface area contributed by atoms with Crippen LogP contribution in [0.15, 0.2) is 59.1 Å². The van der Waals surface area contributed by atoms with Gasteiger partial charge in [0.15, 0.2) is 5.76 Å². The summed E-state index contributed by atoms with van der Waals surface area (Å²) in [5.41, 5.74) is 3.09. The van der Waals surface area contributed by atoms with Gasteiger partial charge in [-0.25, -0.2) is 4.79 Å². The van der Waals surface area contributed by atoms with Gasteiger partial charge in [0.05, 0.1) is 12.7 Å². The summed E-state index contributed by atoms with van der Waals surface area (Å²) < 4.78 is 15.7. The molecule has 0 atom stereocenters. The molecule has 1 aromatic heterocycles. The number of benzene rings is 2. The van der Waals surface area contributed by atoms with E-state index in [-0.39, 0.29) is 6.61 Å². The van der Waals surface area contributed by atoms with E-state index in [0.717, 1.165) is 5.56 Å².